The summed E-state index contributed by atoms with van der Waals surface area (Å²) in [5.74, 6) is 0.678. The van der Waals surface area contributed by atoms with Gasteiger partial charge in [0.25, 0.3) is 5.91 Å². The molecule has 1 N–H and O–H groups in total. The SMILES string of the molecule is CCOC(=O)N1CCCC(N2CCC(n3nccc3C(=O)NCC3CC3)CC2)CC1. The molecule has 0 aromatic carbocycles. The molecule has 8 heteroatoms. The van der Waals surface area contributed by atoms with Crippen LogP contribution < -0.4 is 5.32 Å². The minimum Gasteiger partial charge on any atom is -0.450 e. The molecule has 3 heterocycles. The van der Waals surface area contributed by atoms with Crippen molar-refractivity contribution in [3.8, 4) is 0 Å². The van der Waals surface area contributed by atoms with Crippen LogP contribution in [0.4, 0.5) is 4.79 Å². The number of hydrogen-bond acceptors (Lipinski definition) is 5. The normalized spacial score (nSPS) is 23.8. The summed E-state index contributed by atoms with van der Waals surface area (Å²) >= 11 is 0. The summed E-state index contributed by atoms with van der Waals surface area (Å²) in [4.78, 5) is 29.0. The predicted octanol–water partition coefficient (Wildman–Crippen LogP) is 2.67. The first-order valence-electron chi connectivity index (χ1n) is 11.6. The van der Waals surface area contributed by atoms with Gasteiger partial charge < -0.3 is 19.9 Å². The first kappa shape index (κ1) is 21.2. The van der Waals surface area contributed by atoms with E-state index in [2.05, 4.69) is 15.3 Å². The zero-order valence-electron chi connectivity index (χ0n) is 18.1. The molecule has 3 fully saturated rings. The third-order valence-corrected chi connectivity index (χ3v) is 6.74. The molecular formula is C22H35N5O3. The number of amides is 2. The molecule has 1 saturated carbocycles. The maximum atomic E-state index is 12.6. The molecule has 4 rings (SSSR count). The van der Waals surface area contributed by atoms with Crippen LogP contribution in [-0.4, -0.2) is 77.0 Å². The lowest BCUT2D eigenvalue weighted by Gasteiger charge is -2.37. The molecule has 166 valence electrons. The van der Waals surface area contributed by atoms with Crippen LogP contribution in [0.15, 0.2) is 12.3 Å². The van der Waals surface area contributed by atoms with E-state index in [0.717, 1.165) is 64.8 Å². The van der Waals surface area contributed by atoms with E-state index in [9.17, 15) is 9.59 Å². The van der Waals surface area contributed by atoms with Gasteiger partial charge in [-0.25, -0.2) is 4.79 Å². The number of aromatic nitrogens is 2. The van der Waals surface area contributed by atoms with Crippen molar-refractivity contribution < 1.29 is 14.3 Å². The van der Waals surface area contributed by atoms with E-state index in [0.29, 0.717) is 24.3 Å². The summed E-state index contributed by atoms with van der Waals surface area (Å²) < 4.78 is 7.11. The number of carbonyl (C=O) groups excluding carboxylic acids is 2. The van der Waals surface area contributed by atoms with Crippen LogP contribution in [0.3, 0.4) is 0 Å². The van der Waals surface area contributed by atoms with Gasteiger partial charge in [0.05, 0.1) is 12.6 Å². The van der Waals surface area contributed by atoms with Crippen molar-refractivity contribution in [3.63, 3.8) is 0 Å². The van der Waals surface area contributed by atoms with Crippen molar-refractivity contribution in [3.05, 3.63) is 18.0 Å². The van der Waals surface area contributed by atoms with Crippen LogP contribution in [0, 0.1) is 5.92 Å². The maximum Gasteiger partial charge on any atom is 0.409 e. The van der Waals surface area contributed by atoms with Gasteiger partial charge in [0.2, 0.25) is 0 Å². The molecule has 1 aromatic heterocycles. The molecule has 1 unspecified atom stereocenters. The van der Waals surface area contributed by atoms with Gasteiger partial charge >= 0.3 is 6.09 Å². The highest BCUT2D eigenvalue weighted by molar-refractivity contribution is 5.92. The Labute approximate surface area is 178 Å². The smallest absolute Gasteiger partial charge is 0.409 e. The molecule has 1 aliphatic carbocycles. The van der Waals surface area contributed by atoms with Gasteiger partial charge in [-0.15, -0.1) is 0 Å². The van der Waals surface area contributed by atoms with Gasteiger partial charge in [0.1, 0.15) is 5.69 Å². The summed E-state index contributed by atoms with van der Waals surface area (Å²) in [5, 5.41) is 7.55. The molecule has 2 aliphatic heterocycles. The van der Waals surface area contributed by atoms with Gasteiger partial charge in [-0.05, 0) is 63.9 Å². The lowest BCUT2D eigenvalue weighted by molar-refractivity contribution is 0.0913. The Bertz CT molecular complexity index is 724. The fourth-order valence-corrected chi connectivity index (χ4v) is 4.77. The van der Waals surface area contributed by atoms with Crippen LogP contribution in [-0.2, 0) is 4.74 Å². The molecule has 3 aliphatic rings. The zero-order chi connectivity index (χ0) is 20.9. The number of piperidine rings is 1. The zero-order valence-corrected chi connectivity index (χ0v) is 18.1. The molecule has 8 nitrogen and oxygen atoms in total. The second-order valence-corrected chi connectivity index (χ2v) is 8.85. The Morgan fingerprint density at radius 2 is 1.83 bits per heavy atom. The van der Waals surface area contributed by atoms with E-state index >= 15 is 0 Å². The van der Waals surface area contributed by atoms with E-state index in [4.69, 9.17) is 4.74 Å². The minimum absolute atomic E-state index is 0.00431. The van der Waals surface area contributed by atoms with Crippen LogP contribution in [0.1, 0.15) is 68.4 Å². The monoisotopic (exact) mass is 417 g/mol. The van der Waals surface area contributed by atoms with Crippen molar-refractivity contribution >= 4 is 12.0 Å². The van der Waals surface area contributed by atoms with E-state index in [1.807, 2.05) is 22.6 Å². The Hall–Kier alpha value is -2.09. The molecule has 0 radical (unpaired) electrons. The number of likely N-dealkylation sites (tertiary alicyclic amines) is 2. The fourth-order valence-electron chi connectivity index (χ4n) is 4.77. The highest BCUT2D eigenvalue weighted by Crippen LogP contribution is 2.29. The average Bonchev–Trinajstić information content (AvgIpc) is 3.52. The fraction of sp³-hybridized carbons (Fsp3) is 0.773. The lowest BCUT2D eigenvalue weighted by Crippen LogP contribution is -2.43. The number of ether oxygens (including phenoxy) is 1. The van der Waals surface area contributed by atoms with E-state index in [1.165, 1.54) is 12.8 Å². The molecule has 0 spiro atoms. The molecule has 2 saturated heterocycles. The number of rotatable bonds is 6. The van der Waals surface area contributed by atoms with E-state index in [-0.39, 0.29) is 18.0 Å². The van der Waals surface area contributed by atoms with Crippen molar-refractivity contribution in [2.24, 2.45) is 5.92 Å². The van der Waals surface area contributed by atoms with Crippen molar-refractivity contribution in [1.82, 2.24) is 24.9 Å². The second-order valence-electron chi connectivity index (χ2n) is 8.85. The largest absolute Gasteiger partial charge is 0.450 e. The van der Waals surface area contributed by atoms with Crippen LogP contribution >= 0.6 is 0 Å². The van der Waals surface area contributed by atoms with Crippen LogP contribution in [0.2, 0.25) is 0 Å². The Morgan fingerprint density at radius 1 is 1.07 bits per heavy atom. The topological polar surface area (TPSA) is 79.7 Å². The summed E-state index contributed by atoms with van der Waals surface area (Å²) in [5.41, 5.74) is 0.689. The molecule has 1 aromatic rings. The Morgan fingerprint density at radius 3 is 2.57 bits per heavy atom. The predicted molar refractivity (Wildman–Crippen MR) is 113 cm³/mol. The number of carbonyl (C=O) groups is 2. The van der Waals surface area contributed by atoms with Gasteiger partial charge in [0, 0.05) is 45.0 Å². The molecular weight excluding hydrogens is 382 g/mol. The number of hydrogen-bond donors (Lipinski definition) is 1. The average molecular weight is 418 g/mol. The van der Waals surface area contributed by atoms with Crippen LogP contribution in [0.25, 0.3) is 0 Å². The van der Waals surface area contributed by atoms with Crippen molar-refractivity contribution in [2.75, 3.05) is 39.3 Å². The molecule has 1 atom stereocenters. The van der Waals surface area contributed by atoms with Gasteiger partial charge in [-0.2, -0.15) is 5.10 Å². The molecule has 2 amide bonds. The molecule has 0 bridgehead atoms. The first-order valence-corrected chi connectivity index (χ1v) is 11.6. The van der Waals surface area contributed by atoms with Gasteiger partial charge in [-0.1, -0.05) is 0 Å². The van der Waals surface area contributed by atoms with Crippen molar-refractivity contribution in [2.45, 2.75) is 64.0 Å². The highest BCUT2D eigenvalue weighted by Gasteiger charge is 2.30. The third-order valence-electron chi connectivity index (χ3n) is 6.74. The summed E-state index contributed by atoms with van der Waals surface area (Å²) in [6.45, 7) is 6.65. The Kier molecular flexibility index (Phi) is 6.92. The first-order chi connectivity index (χ1) is 14.7. The second kappa shape index (κ2) is 9.81. The number of nitrogens with zero attached hydrogens (tertiary/aromatic N) is 4. The quantitative estimate of drug-likeness (QED) is 0.770. The van der Waals surface area contributed by atoms with Gasteiger partial charge in [0.15, 0.2) is 0 Å². The van der Waals surface area contributed by atoms with E-state index in [1.54, 1.807) is 6.20 Å². The van der Waals surface area contributed by atoms with E-state index < -0.39 is 0 Å². The Balaban J connectivity index is 1.27. The van der Waals surface area contributed by atoms with Gasteiger partial charge in [-0.3, -0.25) is 9.48 Å². The maximum absolute atomic E-state index is 12.6. The minimum atomic E-state index is -0.178. The van der Waals surface area contributed by atoms with Crippen molar-refractivity contribution in [1.29, 1.82) is 0 Å². The third kappa shape index (κ3) is 5.14. The summed E-state index contributed by atoms with van der Waals surface area (Å²) in [7, 11) is 0. The highest BCUT2D eigenvalue weighted by atomic mass is 16.6. The molecule has 30 heavy (non-hydrogen) atoms. The summed E-state index contributed by atoms with van der Waals surface area (Å²) in [6, 6.07) is 2.63. The summed E-state index contributed by atoms with van der Waals surface area (Å²) in [6.07, 6.45) is 9.18. The number of nitrogens with one attached hydrogen (secondary N) is 1. The lowest BCUT2D eigenvalue weighted by atomic mass is 10.00. The van der Waals surface area contributed by atoms with Crippen LogP contribution in [0.5, 0.6) is 0 Å². The standard InChI is InChI=1S/C22H35N5O3/c1-2-30-22(29)26-12-3-4-18(8-15-26)25-13-9-19(10-14-25)27-20(7-11-24-27)21(28)23-16-17-5-6-17/h7,11,17-19H,2-6,8-10,12-16H2,1H3,(H,23,28).